The molecule has 5 heteroatoms. The van der Waals surface area contributed by atoms with Gasteiger partial charge in [-0.2, -0.15) is 0 Å². The van der Waals surface area contributed by atoms with Crippen LogP contribution in [0.1, 0.15) is 32.6 Å². The van der Waals surface area contributed by atoms with Crippen molar-refractivity contribution in [2.24, 2.45) is 5.92 Å². The molecular formula is C16H23N3O2. The van der Waals surface area contributed by atoms with Crippen LogP contribution in [0.3, 0.4) is 0 Å². The molecule has 0 radical (unpaired) electrons. The normalized spacial score (nSPS) is 18.0. The highest BCUT2D eigenvalue weighted by Crippen LogP contribution is 2.20. The Kier molecular flexibility index (Phi) is 5.20. The van der Waals surface area contributed by atoms with Crippen LogP contribution in [-0.2, 0) is 9.59 Å². The van der Waals surface area contributed by atoms with Crippen LogP contribution in [0.25, 0.3) is 0 Å². The molecule has 1 aliphatic heterocycles. The molecule has 3 N–H and O–H groups in total. The Morgan fingerprint density at radius 1 is 1.38 bits per heavy atom. The summed E-state index contributed by atoms with van der Waals surface area (Å²) in [6.07, 6.45) is 2.82. The Morgan fingerprint density at radius 2 is 2.10 bits per heavy atom. The van der Waals surface area contributed by atoms with E-state index in [1.807, 2.05) is 4.90 Å². The van der Waals surface area contributed by atoms with Crippen molar-refractivity contribution in [3.05, 3.63) is 24.3 Å². The van der Waals surface area contributed by atoms with Crippen LogP contribution >= 0.6 is 0 Å². The number of nitrogens with two attached hydrogens (primary N) is 1. The topological polar surface area (TPSA) is 75.4 Å². The Hall–Kier alpha value is -2.04. The molecule has 1 unspecified atom stereocenters. The van der Waals surface area contributed by atoms with E-state index in [0.29, 0.717) is 37.4 Å². The lowest BCUT2D eigenvalue weighted by molar-refractivity contribution is -0.128. The summed E-state index contributed by atoms with van der Waals surface area (Å²) in [5.41, 5.74) is 7.01. The number of benzene rings is 1. The maximum atomic E-state index is 11.8. The first-order valence-corrected chi connectivity index (χ1v) is 7.51. The van der Waals surface area contributed by atoms with Crippen LogP contribution in [0, 0.1) is 5.92 Å². The number of nitrogens with zero attached hydrogens (tertiary/aromatic N) is 1. The molecule has 0 saturated carbocycles. The molecule has 0 spiro atoms. The van der Waals surface area contributed by atoms with Crippen molar-refractivity contribution in [2.75, 3.05) is 24.1 Å². The number of hydrogen-bond donors (Lipinski definition) is 2. The lowest BCUT2D eigenvalue weighted by Crippen LogP contribution is -2.27. The first-order chi connectivity index (χ1) is 10.1. The van der Waals surface area contributed by atoms with E-state index in [1.54, 1.807) is 24.3 Å². The van der Waals surface area contributed by atoms with E-state index in [2.05, 4.69) is 12.2 Å². The van der Waals surface area contributed by atoms with Gasteiger partial charge in [0.1, 0.15) is 0 Å². The number of nitrogens with one attached hydrogen (secondary N) is 1. The molecule has 5 nitrogen and oxygen atoms in total. The second-order valence-corrected chi connectivity index (χ2v) is 5.59. The van der Waals surface area contributed by atoms with E-state index in [0.717, 1.165) is 18.7 Å². The molecule has 1 saturated heterocycles. The van der Waals surface area contributed by atoms with E-state index in [1.165, 1.54) is 0 Å². The molecule has 1 heterocycles. The van der Waals surface area contributed by atoms with Crippen molar-refractivity contribution in [1.82, 2.24) is 4.90 Å². The van der Waals surface area contributed by atoms with E-state index in [-0.39, 0.29) is 11.8 Å². The Bertz CT molecular complexity index is 499. The van der Waals surface area contributed by atoms with Crippen molar-refractivity contribution in [3.63, 3.8) is 0 Å². The summed E-state index contributed by atoms with van der Waals surface area (Å²) >= 11 is 0. The number of amides is 2. The SMILES string of the molecule is CCC1CC(=O)N(CCCC(=O)Nc2ccc(N)cc2)C1. The standard InChI is InChI=1S/C16H23N3O2/c1-2-12-10-16(21)19(11-12)9-3-4-15(20)18-14-7-5-13(17)6-8-14/h5-8,12H,2-4,9-11,17H2,1H3,(H,18,20). The molecular weight excluding hydrogens is 266 g/mol. The zero-order valence-electron chi connectivity index (χ0n) is 12.5. The zero-order valence-corrected chi connectivity index (χ0v) is 12.5. The number of rotatable bonds is 6. The summed E-state index contributed by atoms with van der Waals surface area (Å²) in [5, 5.41) is 2.83. The van der Waals surface area contributed by atoms with Gasteiger partial charge < -0.3 is 16.0 Å². The van der Waals surface area contributed by atoms with Gasteiger partial charge in [0.05, 0.1) is 0 Å². The van der Waals surface area contributed by atoms with Crippen molar-refractivity contribution in [1.29, 1.82) is 0 Å². The largest absolute Gasteiger partial charge is 0.399 e. The third-order valence-electron chi connectivity index (χ3n) is 3.90. The summed E-state index contributed by atoms with van der Waals surface area (Å²) in [6.45, 7) is 3.63. The smallest absolute Gasteiger partial charge is 0.224 e. The van der Waals surface area contributed by atoms with Crippen LogP contribution < -0.4 is 11.1 Å². The van der Waals surface area contributed by atoms with Gasteiger partial charge in [0.2, 0.25) is 11.8 Å². The van der Waals surface area contributed by atoms with Gasteiger partial charge in [-0.05, 0) is 36.6 Å². The minimum absolute atomic E-state index is 0.0292. The summed E-state index contributed by atoms with van der Waals surface area (Å²) < 4.78 is 0. The third kappa shape index (κ3) is 4.48. The minimum atomic E-state index is -0.0292. The molecule has 2 amide bonds. The van der Waals surface area contributed by atoms with Gasteiger partial charge in [0.15, 0.2) is 0 Å². The summed E-state index contributed by atoms with van der Waals surface area (Å²) in [4.78, 5) is 25.5. The molecule has 1 fully saturated rings. The summed E-state index contributed by atoms with van der Waals surface area (Å²) in [5.74, 6) is 0.681. The number of carbonyl (C=O) groups excluding carboxylic acids is 2. The van der Waals surface area contributed by atoms with Gasteiger partial charge in [-0.1, -0.05) is 13.3 Å². The molecule has 0 aromatic heterocycles. The van der Waals surface area contributed by atoms with Crippen molar-refractivity contribution >= 4 is 23.2 Å². The van der Waals surface area contributed by atoms with Gasteiger partial charge in [-0.15, -0.1) is 0 Å². The molecule has 1 aromatic rings. The summed E-state index contributed by atoms with van der Waals surface area (Å²) in [7, 11) is 0. The van der Waals surface area contributed by atoms with Crippen molar-refractivity contribution < 1.29 is 9.59 Å². The van der Waals surface area contributed by atoms with Gasteiger partial charge >= 0.3 is 0 Å². The molecule has 1 aromatic carbocycles. The average molecular weight is 289 g/mol. The van der Waals surface area contributed by atoms with Crippen LogP contribution in [0.15, 0.2) is 24.3 Å². The lowest BCUT2D eigenvalue weighted by Gasteiger charge is -2.16. The van der Waals surface area contributed by atoms with E-state index in [9.17, 15) is 9.59 Å². The first kappa shape index (κ1) is 15.4. The molecule has 1 atom stereocenters. The maximum absolute atomic E-state index is 11.8. The van der Waals surface area contributed by atoms with Gasteiger partial charge in [-0.25, -0.2) is 0 Å². The molecule has 0 aliphatic carbocycles. The molecule has 114 valence electrons. The van der Waals surface area contributed by atoms with E-state index in [4.69, 9.17) is 5.73 Å². The van der Waals surface area contributed by atoms with Crippen LogP contribution in [0.2, 0.25) is 0 Å². The fourth-order valence-electron chi connectivity index (χ4n) is 2.56. The van der Waals surface area contributed by atoms with Crippen LogP contribution in [0.5, 0.6) is 0 Å². The Morgan fingerprint density at radius 3 is 2.71 bits per heavy atom. The van der Waals surface area contributed by atoms with E-state index < -0.39 is 0 Å². The van der Waals surface area contributed by atoms with Crippen LogP contribution in [0.4, 0.5) is 11.4 Å². The third-order valence-corrected chi connectivity index (χ3v) is 3.90. The van der Waals surface area contributed by atoms with Crippen molar-refractivity contribution in [3.8, 4) is 0 Å². The van der Waals surface area contributed by atoms with Gasteiger partial charge in [0.25, 0.3) is 0 Å². The lowest BCUT2D eigenvalue weighted by atomic mass is 10.1. The molecule has 0 bridgehead atoms. The maximum Gasteiger partial charge on any atom is 0.224 e. The summed E-state index contributed by atoms with van der Waals surface area (Å²) in [6, 6.07) is 7.07. The highest BCUT2D eigenvalue weighted by Gasteiger charge is 2.27. The number of anilines is 2. The van der Waals surface area contributed by atoms with Crippen LogP contribution in [-0.4, -0.2) is 29.8 Å². The molecule has 21 heavy (non-hydrogen) atoms. The second kappa shape index (κ2) is 7.11. The second-order valence-electron chi connectivity index (χ2n) is 5.59. The predicted molar refractivity (Wildman–Crippen MR) is 83.7 cm³/mol. The molecule has 2 rings (SSSR count). The minimum Gasteiger partial charge on any atom is -0.399 e. The predicted octanol–water partition coefficient (Wildman–Crippen LogP) is 2.25. The monoisotopic (exact) mass is 289 g/mol. The Balaban J connectivity index is 1.70. The Labute approximate surface area is 125 Å². The number of nitrogen functional groups attached to an aromatic ring is 1. The van der Waals surface area contributed by atoms with E-state index >= 15 is 0 Å². The number of hydrogen-bond acceptors (Lipinski definition) is 3. The number of likely N-dealkylation sites (tertiary alicyclic amines) is 1. The average Bonchev–Trinajstić information content (AvgIpc) is 2.82. The highest BCUT2D eigenvalue weighted by atomic mass is 16.2. The van der Waals surface area contributed by atoms with Gasteiger partial charge in [-0.3, -0.25) is 9.59 Å². The highest BCUT2D eigenvalue weighted by molar-refractivity contribution is 5.90. The number of carbonyl (C=O) groups is 2. The fourth-order valence-corrected chi connectivity index (χ4v) is 2.56. The van der Waals surface area contributed by atoms with Crippen molar-refractivity contribution in [2.45, 2.75) is 32.6 Å². The zero-order chi connectivity index (χ0) is 15.2. The first-order valence-electron chi connectivity index (χ1n) is 7.51. The quantitative estimate of drug-likeness (QED) is 0.789. The molecule has 1 aliphatic rings. The fraction of sp³-hybridized carbons (Fsp3) is 0.500. The van der Waals surface area contributed by atoms with Gasteiger partial charge in [0, 0.05) is 37.3 Å².